The number of fused-ring (bicyclic) bond motifs is 2. The molecule has 436 valence electrons. The van der Waals surface area contributed by atoms with Gasteiger partial charge < -0.3 is 83.0 Å². The lowest BCUT2D eigenvalue weighted by molar-refractivity contribution is -0.148. The average molecular weight is 1120 g/mol. The number of nitrogens with one attached hydrogen (secondary N) is 5. The molecule has 0 spiro atoms. The zero-order valence-corrected chi connectivity index (χ0v) is 45.6. The molecule has 4 rings (SSSR count). The van der Waals surface area contributed by atoms with Crippen LogP contribution in [0.25, 0.3) is 0 Å². The number of unbranched alkanes of at least 4 members (excludes halogenated alkanes) is 5. The topological polar surface area (TPSA) is 415 Å². The van der Waals surface area contributed by atoms with Crippen LogP contribution in [-0.2, 0) is 38.4 Å². The van der Waals surface area contributed by atoms with E-state index in [9.17, 15) is 84.5 Å². The SMILES string of the molecule is CCC(C)CC(C)CCCCCCCCC(=O)N[C@H]1C[C@@H](O)[C@@H](SCC(N)=O)NC(=O)[C@@H]2[C@@H](O)CCN2C(=O)[C@H]([C@H](O)CC#N)NC(=O)[C@H]([C@H](O)[C@@H](O)c2ccc(O)cc2)NC(=O)[C@@H]2C[C@@H](O)CN2C(=O)[C@H]([C@@H](C)O)NC1=O. The molecule has 3 fully saturated rings. The van der Waals surface area contributed by atoms with Crippen LogP contribution in [0.1, 0.15) is 129 Å². The number of hydrogen-bond donors (Lipinski definition) is 14. The fourth-order valence-electron chi connectivity index (χ4n) is 10.00. The first kappa shape index (κ1) is 64.9. The van der Waals surface area contributed by atoms with Gasteiger partial charge in [0.2, 0.25) is 47.3 Å². The molecule has 25 nitrogen and oxygen atoms in total. The van der Waals surface area contributed by atoms with Crippen LogP contribution in [0, 0.1) is 23.2 Å². The third-order valence-corrected chi connectivity index (χ3v) is 15.8. The quantitative estimate of drug-likeness (QED) is 0.0554. The molecule has 0 bridgehead atoms. The maximum Gasteiger partial charge on any atom is 0.248 e. The molecule has 26 heteroatoms. The fraction of sp³-hybridized carbons (Fsp3) is 0.712. The van der Waals surface area contributed by atoms with Crippen molar-refractivity contribution in [3.05, 3.63) is 29.8 Å². The molecule has 3 saturated heterocycles. The van der Waals surface area contributed by atoms with Gasteiger partial charge in [-0.1, -0.05) is 77.8 Å². The number of carbonyl (C=O) groups is 8. The molecule has 15 N–H and O–H groups in total. The molecule has 2 unspecified atom stereocenters. The summed E-state index contributed by atoms with van der Waals surface area (Å²) in [6, 6.07) is -5.43. The third-order valence-electron chi connectivity index (χ3n) is 14.6. The zero-order valence-electron chi connectivity index (χ0n) is 44.7. The molecule has 1 aromatic carbocycles. The molecule has 1 aromatic rings. The van der Waals surface area contributed by atoms with Gasteiger partial charge in [-0.05, 0) is 55.7 Å². The van der Waals surface area contributed by atoms with E-state index in [1.165, 1.54) is 18.6 Å². The van der Waals surface area contributed by atoms with Gasteiger partial charge in [-0.2, -0.15) is 5.26 Å². The molecule has 3 aliphatic rings. The van der Waals surface area contributed by atoms with E-state index in [0.29, 0.717) is 36.4 Å². The normalized spacial score (nSPS) is 28.2. The molecule has 3 heterocycles. The minimum atomic E-state index is -2.34. The number of aromatic hydroxyl groups is 1. The van der Waals surface area contributed by atoms with Crippen molar-refractivity contribution < 1.29 is 79.2 Å². The third kappa shape index (κ3) is 18.7. The van der Waals surface area contributed by atoms with Gasteiger partial charge in [0.15, 0.2) is 0 Å². The number of nitrogens with zero attached hydrogens (tertiary/aromatic N) is 3. The molecule has 3 aliphatic heterocycles. The number of phenols is 1. The second-order valence-corrected chi connectivity index (χ2v) is 22.2. The first-order valence-corrected chi connectivity index (χ1v) is 27.9. The van der Waals surface area contributed by atoms with Gasteiger partial charge in [0, 0.05) is 32.4 Å². The number of primary amides is 1. The maximum absolute atomic E-state index is 14.5. The van der Waals surface area contributed by atoms with Crippen LogP contribution in [0.3, 0.4) is 0 Å². The van der Waals surface area contributed by atoms with Gasteiger partial charge in [0.1, 0.15) is 59.6 Å². The second-order valence-electron chi connectivity index (χ2n) is 21.0. The minimum Gasteiger partial charge on any atom is -0.508 e. The zero-order chi connectivity index (χ0) is 58.0. The molecule has 0 aliphatic carbocycles. The lowest BCUT2D eigenvalue weighted by Crippen LogP contribution is -2.64. The van der Waals surface area contributed by atoms with E-state index in [0.717, 1.165) is 67.4 Å². The van der Waals surface area contributed by atoms with E-state index in [-0.39, 0.29) is 24.2 Å². The summed E-state index contributed by atoms with van der Waals surface area (Å²) in [5, 5.41) is 109. The second kappa shape index (κ2) is 31.2. The average Bonchev–Trinajstić information content (AvgIpc) is 4.01. The number of carbonyl (C=O) groups excluding carboxylic acids is 8. The van der Waals surface area contributed by atoms with Crippen LogP contribution in [0.5, 0.6) is 5.75 Å². The highest BCUT2D eigenvalue weighted by atomic mass is 32.2. The number of rotatable bonds is 22. The van der Waals surface area contributed by atoms with Crippen molar-refractivity contribution in [3.63, 3.8) is 0 Å². The van der Waals surface area contributed by atoms with E-state index in [2.05, 4.69) is 47.4 Å². The summed E-state index contributed by atoms with van der Waals surface area (Å²) in [7, 11) is 0. The Bertz CT molecular complexity index is 2240. The fourth-order valence-corrected chi connectivity index (χ4v) is 10.9. The number of amides is 8. The Kier molecular flexibility index (Phi) is 26.0. The number of nitriles is 1. The van der Waals surface area contributed by atoms with Crippen LogP contribution in [0.2, 0.25) is 0 Å². The Morgan fingerprint density at radius 1 is 0.782 bits per heavy atom. The van der Waals surface area contributed by atoms with Crippen LogP contribution in [0.15, 0.2) is 24.3 Å². The standard InChI is InChI=1S/C52H81N9O16S/c1-5-27(2)22-28(3)12-10-8-6-7-9-11-13-39(69)55-33-24-37(67)50(78-26-38(54)68)59-49(75)43-36(66)19-21-60(43)52(77)41(35(65)18-20-53)57-48(74)42(45(71)44(70)30-14-16-31(63)17-15-30)58-47(73)34-23-32(64)25-61(34)51(76)40(29(4)62)56-46(33)72/h14-17,27-29,32-37,40-45,50,62-67,70-71H,5-13,18-19,21-26H2,1-4H3,(H2,54,68)(H,55,69)(H,56,72)(H,57,74)(H,58,73)(H,59,75)/t27?,28?,29-,32-,33+,34+,35-,36+,37-,40+,41+,42+,43+,44+,45+,50-/m1/s1. The Morgan fingerprint density at radius 2 is 1.40 bits per heavy atom. The number of benzene rings is 1. The van der Waals surface area contributed by atoms with E-state index in [4.69, 9.17) is 5.73 Å². The lowest BCUT2D eigenvalue weighted by atomic mass is 9.91. The summed E-state index contributed by atoms with van der Waals surface area (Å²) in [5.41, 5.74) is 5.34. The van der Waals surface area contributed by atoms with Crippen LogP contribution < -0.4 is 32.3 Å². The minimum absolute atomic E-state index is 0.0733. The van der Waals surface area contributed by atoms with Crippen molar-refractivity contribution in [3.8, 4) is 11.8 Å². The van der Waals surface area contributed by atoms with E-state index >= 15 is 0 Å². The number of aliphatic hydroxyl groups excluding tert-OH is 7. The van der Waals surface area contributed by atoms with E-state index in [1.54, 1.807) is 6.07 Å². The Labute approximate surface area is 458 Å². The monoisotopic (exact) mass is 1120 g/mol. The summed E-state index contributed by atoms with van der Waals surface area (Å²) in [6.07, 6.45) is -7.13. The number of nitrogens with two attached hydrogens (primary N) is 1. The highest BCUT2D eigenvalue weighted by Crippen LogP contribution is 2.27. The largest absolute Gasteiger partial charge is 0.508 e. The molecule has 0 aromatic heterocycles. The summed E-state index contributed by atoms with van der Waals surface area (Å²) in [5.74, 6) is -8.52. The van der Waals surface area contributed by atoms with Crippen LogP contribution in [-0.4, -0.2) is 195 Å². The van der Waals surface area contributed by atoms with Gasteiger partial charge in [-0.3, -0.25) is 38.4 Å². The summed E-state index contributed by atoms with van der Waals surface area (Å²) in [6.45, 7) is 6.83. The van der Waals surface area contributed by atoms with E-state index in [1.807, 2.05) is 0 Å². The number of hydrogen-bond acceptors (Lipinski definition) is 18. The van der Waals surface area contributed by atoms with Crippen molar-refractivity contribution >= 4 is 59.0 Å². The van der Waals surface area contributed by atoms with Gasteiger partial charge in [0.25, 0.3) is 0 Å². The van der Waals surface area contributed by atoms with Gasteiger partial charge >= 0.3 is 0 Å². The van der Waals surface area contributed by atoms with Crippen molar-refractivity contribution in [1.29, 1.82) is 5.26 Å². The van der Waals surface area contributed by atoms with Crippen molar-refractivity contribution in [2.45, 2.75) is 202 Å². The highest BCUT2D eigenvalue weighted by Gasteiger charge is 2.49. The van der Waals surface area contributed by atoms with Gasteiger partial charge in [-0.25, -0.2) is 0 Å². The molecule has 0 radical (unpaired) electrons. The molecular formula is C52H81N9O16S. The van der Waals surface area contributed by atoms with Crippen LogP contribution in [0.4, 0.5) is 0 Å². The summed E-state index contributed by atoms with van der Waals surface area (Å²) >= 11 is 0.580. The van der Waals surface area contributed by atoms with Crippen molar-refractivity contribution in [2.75, 3.05) is 18.8 Å². The number of thioether (sulfide) groups is 1. The summed E-state index contributed by atoms with van der Waals surface area (Å²) < 4.78 is 0. The Balaban J connectivity index is 1.75. The van der Waals surface area contributed by atoms with Crippen LogP contribution >= 0.6 is 11.8 Å². The van der Waals surface area contributed by atoms with Crippen molar-refractivity contribution in [1.82, 2.24) is 36.4 Å². The Morgan fingerprint density at radius 3 is 2.03 bits per heavy atom. The number of aliphatic hydroxyl groups is 7. The summed E-state index contributed by atoms with van der Waals surface area (Å²) in [4.78, 5) is 114. The first-order valence-electron chi connectivity index (χ1n) is 26.8. The number of phenolic OH excluding ortho intramolecular Hbond substituents is 1. The molecule has 78 heavy (non-hydrogen) atoms. The smallest absolute Gasteiger partial charge is 0.248 e. The van der Waals surface area contributed by atoms with Crippen molar-refractivity contribution in [2.24, 2.45) is 17.6 Å². The molecule has 16 atom stereocenters. The molecule has 8 amide bonds. The molecule has 0 saturated carbocycles. The molecular weight excluding hydrogens is 1040 g/mol. The highest BCUT2D eigenvalue weighted by molar-refractivity contribution is 8.00. The lowest BCUT2D eigenvalue weighted by Gasteiger charge is -2.34. The first-order chi connectivity index (χ1) is 36.9. The maximum atomic E-state index is 14.5. The predicted molar refractivity (Wildman–Crippen MR) is 281 cm³/mol. The predicted octanol–water partition coefficient (Wildman–Crippen LogP) is -2.08. The van der Waals surface area contributed by atoms with E-state index < -0.39 is 170 Å². The van der Waals surface area contributed by atoms with Gasteiger partial charge in [0.05, 0.1) is 48.8 Å². The Hall–Kier alpha value is -5.66. The van der Waals surface area contributed by atoms with Gasteiger partial charge in [-0.15, -0.1) is 11.8 Å².